The number of anilines is 1. The molecule has 6 heteroatoms. The van der Waals surface area contributed by atoms with E-state index in [-0.39, 0.29) is 11.7 Å². The van der Waals surface area contributed by atoms with Crippen molar-refractivity contribution in [2.24, 2.45) is 0 Å². The third kappa shape index (κ3) is 2.17. The second kappa shape index (κ2) is 4.43. The molecule has 2 heterocycles. The number of rotatable bonds is 3. The highest BCUT2D eigenvalue weighted by molar-refractivity contribution is 6.01. The maximum atomic E-state index is 11.5. The summed E-state index contributed by atoms with van der Waals surface area (Å²) in [7, 11) is 1.49. The molecule has 2 rings (SSSR count). The SMILES string of the molecule is COc1cnc(NC(=O)c2ccco2)cn1. The van der Waals surface area contributed by atoms with Gasteiger partial charge in [0.05, 0.1) is 25.8 Å². The van der Waals surface area contributed by atoms with Gasteiger partial charge in [0.1, 0.15) is 0 Å². The Bertz CT molecular complexity index is 465. The lowest BCUT2D eigenvalue weighted by Gasteiger charge is -2.02. The first-order valence-electron chi connectivity index (χ1n) is 4.50. The Labute approximate surface area is 91.3 Å². The fourth-order valence-corrected chi connectivity index (χ4v) is 1.07. The van der Waals surface area contributed by atoms with Crippen molar-refractivity contribution in [2.45, 2.75) is 0 Å². The number of hydrogen-bond donors (Lipinski definition) is 1. The lowest BCUT2D eigenvalue weighted by Crippen LogP contribution is -2.12. The van der Waals surface area contributed by atoms with Crippen molar-refractivity contribution < 1.29 is 13.9 Å². The van der Waals surface area contributed by atoms with E-state index in [1.54, 1.807) is 12.1 Å². The summed E-state index contributed by atoms with van der Waals surface area (Å²) in [6, 6.07) is 3.20. The van der Waals surface area contributed by atoms with Gasteiger partial charge in [-0.2, -0.15) is 0 Å². The van der Waals surface area contributed by atoms with Crippen LogP contribution in [0.1, 0.15) is 10.6 Å². The first-order valence-corrected chi connectivity index (χ1v) is 4.50. The number of furan rings is 1. The predicted octanol–water partition coefficient (Wildman–Crippen LogP) is 1.33. The molecule has 82 valence electrons. The molecule has 0 atom stereocenters. The summed E-state index contributed by atoms with van der Waals surface area (Å²) in [5.74, 6) is 0.570. The molecule has 0 bridgehead atoms. The summed E-state index contributed by atoms with van der Waals surface area (Å²) in [5, 5.41) is 2.53. The molecule has 1 amide bonds. The number of hydrogen-bond acceptors (Lipinski definition) is 5. The Hall–Kier alpha value is -2.37. The molecule has 16 heavy (non-hydrogen) atoms. The summed E-state index contributed by atoms with van der Waals surface area (Å²) in [5.41, 5.74) is 0. The Kier molecular flexibility index (Phi) is 2.81. The number of methoxy groups -OCH3 is 1. The van der Waals surface area contributed by atoms with Gasteiger partial charge in [-0.15, -0.1) is 0 Å². The van der Waals surface area contributed by atoms with Gasteiger partial charge < -0.3 is 14.5 Å². The summed E-state index contributed by atoms with van der Waals surface area (Å²) in [6.07, 6.45) is 4.24. The van der Waals surface area contributed by atoms with Crippen LogP contribution < -0.4 is 10.1 Å². The maximum absolute atomic E-state index is 11.5. The number of nitrogens with zero attached hydrogens (tertiary/aromatic N) is 2. The normalized spacial score (nSPS) is 9.81. The summed E-state index contributed by atoms with van der Waals surface area (Å²) < 4.78 is 9.77. The number of nitrogens with one attached hydrogen (secondary N) is 1. The van der Waals surface area contributed by atoms with Gasteiger partial charge in [0.2, 0.25) is 5.88 Å². The van der Waals surface area contributed by atoms with E-state index in [1.165, 1.54) is 25.8 Å². The average Bonchev–Trinajstić information content (AvgIpc) is 2.83. The molecule has 0 aliphatic carbocycles. The lowest BCUT2D eigenvalue weighted by molar-refractivity contribution is 0.0996. The lowest BCUT2D eigenvalue weighted by atomic mass is 10.4. The van der Waals surface area contributed by atoms with Crippen molar-refractivity contribution in [1.29, 1.82) is 0 Å². The predicted molar refractivity (Wildman–Crippen MR) is 55.2 cm³/mol. The second-order valence-corrected chi connectivity index (χ2v) is 2.88. The Balaban J connectivity index is 2.06. The van der Waals surface area contributed by atoms with Gasteiger partial charge in [-0.05, 0) is 12.1 Å². The molecule has 0 aromatic carbocycles. The van der Waals surface area contributed by atoms with Crippen LogP contribution in [0.2, 0.25) is 0 Å². The van der Waals surface area contributed by atoms with Gasteiger partial charge in [0.15, 0.2) is 11.6 Å². The molecule has 0 unspecified atom stereocenters. The molecule has 0 radical (unpaired) electrons. The zero-order chi connectivity index (χ0) is 11.4. The van der Waals surface area contributed by atoms with E-state index in [0.29, 0.717) is 11.7 Å². The number of carbonyl (C=O) groups excluding carboxylic acids is 1. The van der Waals surface area contributed by atoms with Gasteiger partial charge in [-0.1, -0.05) is 0 Å². The van der Waals surface area contributed by atoms with E-state index in [4.69, 9.17) is 9.15 Å². The van der Waals surface area contributed by atoms with E-state index in [2.05, 4.69) is 15.3 Å². The summed E-state index contributed by atoms with van der Waals surface area (Å²) in [4.78, 5) is 19.4. The van der Waals surface area contributed by atoms with Crippen molar-refractivity contribution in [3.8, 4) is 5.88 Å². The molecule has 2 aromatic heterocycles. The van der Waals surface area contributed by atoms with Crippen molar-refractivity contribution >= 4 is 11.7 Å². The Morgan fingerprint density at radius 2 is 2.31 bits per heavy atom. The van der Waals surface area contributed by atoms with Crippen LogP contribution in [0.4, 0.5) is 5.82 Å². The zero-order valence-corrected chi connectivity index (χ0v) is 8.51. The smallest absolute Gasteiger partial charge is 0.292 e. The van der Waals surface area contributed by atoms with Crippen LogP contribution in [0.15, 0.2) is 35.2 Å². The minimum Gasteiger partial charge on any atom is -0.480 e. The zero-order valence-electron chi connectivity index (χ0n) is 8.51. The molecule has 6 nitrogen and oxygen atoms in total. The van der Waals surface area contributed by atoms with Crippen LogP contribution in [0, 0.1) is 0 Å². The van der Waals surface area contributed by atoms with Crippen LogP contribution in [0.3, 0.4) is 0 Å². The molecular weight excluding hydrogens is 210 g/mol. The topological polar surface area (TPSA) is 77.2 Å². The monoisotopic (exact) mass is 219 g/mol. The van der Waals surface area contributed by atoms with Crippen molar-refractivity contribution in [3.05, 3.63) is 36.5 Å². The van der Waals surface area contributed by atoms with Gasteiger partial charge in [0.25, 0.3) is 5.91 Å². The van der Waals surface area contributed by atoms with Gasteiger partial charge in [0, 0.05) is 0 Å². The third-order valence-electron chi connectivity index (χ3n) is 1.82. The van der Waals surface area contributed by atoms with Crippen LogP contribution in [-0.4, -0.2) is 23.0 Å². The highest BCUT2D eigenvalue weighted by atomic mass is 16.5. The number of aromatic nitrogens is 2. The van der Waals surface area contributed by atoms with Crippen LogP contribution in [-0.2, 0) is 0 Å². The Morgan fingerprint density at radius 1 is 1.44 bits per heavy atom. The largest absolute Gasteiger partial charge is 0.480 e. The van der Waals surface area contributed by atoms with E-state index < -0.39 is 0 Å². The minimum absolute atomic E-state index is 0.220. The van der Waals surface area contributed by atoms with Crippen molar-refractivity contribution in [2.75, 3.05) is 12.4 Å². The molecule has 0 fully saturated rings. The highest BCUT2D eigenvalue weighted by Crippen LogP contribution is 2.08. The van der Waals surface area contributed by atoms with Gasteiger partial charge >= 0.3 is 0 Å². The van der Waals surface area contributed by atoms with E-state index in [9.17, 15) is 4.79 Å². The summed E-state index contributed by atoms with van der Waals surface area (Å²) in [6.45, 7) is 0. The van der Waals surface area contributed by atoms with Crippen molar-refractivity contribution in [1.82, 2.24) is 9.97 Å². The number of amides is 1. The average molecular weight is 219 g/mol. The number of carbonyl (C=O) groups is 1. The second-order valence-electron chi connectivity index (χ2n) is 2.88. The van der Waals surface area contributed by atoms with Gasteiger partial charge in [-0.3, -0.25) is 4.79 Å². The van der Waals surface area contributed by atoms with Crippen LogP contribution in [0.25, 0.3) is 0 Å². The molecular formula is C10H9N3O3. The van der Waals surface area contributed by atoms with E-state index >= 15 is 0 Å². The van der Waals surface area contributed by atoms with Crippen molar-refractivity contribution in [3.63, 3.8) is 0 Å². The van der Waals surface area contributed by atoms with Gasteiger partial charge in [-0.25, -0.2) is 9.97 Å². The fraction of sp³-hybridized carbons (Fsp3) is 0.100. The molecule has 2 aromatic rings. The first-order chi connectivity index (χ1) is 7.79. The molecule has 1 N–H and O–H groups in total. The quantitative estimate of drug-likeness (QED) is 0.842. The van der Waals surface area contributed by atoms with Crippen LogP contribution in [0.5, 0.6) is 5.88 Å². The minimum atomic E-state index is -0.371. The molecule has 0 saturated carbocycles. The summed E-state index contributed by atoms with van der Waals surface area (Å²) >= 11 is 0. The maximum Gasteiger partial charge on any atom is 0.292 e. The Morgan fingerprint density at radius 3 is 2.88 bits per heavy atom. The molecule has 0 spiro atoms. The van der Waals surface area contributed by atoms with E-state index in [1.807, 2.05) is 0 Å². The molecule has 0 aliphatic rings. The van der Waals surface area contributed by atoms with Crippen LogP contribution >= 0.6 is 0 Å². The standard InChI is InChI=1S/C10H9N3O3/c1-15-9-6-11-8(5-12-9)13-10(14)7-3-2-4-16-7/h2-6H,1H3,(H,11,13,14). The van der Waals surface area contributed by atoms with E-state index in [0.717, 1.165) is 0 Å². The molecule has 0 aliphatic heterocycles. The third-order valence-corrected chi connectivity index (χ3v) is 1.82. The fourth-order valence-electron chi connectivity index (χ4n) is 1.07. The number of ether oxygens (including phenoxy) is 1. The first kappa shape index (κ1) is 10.2. The molecule has 0 saturated heterocycles. The highest BCUT2D eigenvalue weighted by Gasteiger charge is 2.09.